The summed E-state index contributed by atoms with van der Waals surface area (Å²) < 4.78 is 1.89. The van der Waals surface area contributed by atoms with Gasteiger partial charge in [-0.2, -0.15) is 0 Å². The maximum Gasteiger partial charge on any atom is 0.323 e. The predicted molar refractivity (Wildman–Crippen MR) is 64.5 cm³/mol. The van der Waals surface area contributed by atoms with Gasteiger partial charge in [0.2, 0.25) is 0 Å². The Morgan fingerprint density at radius 2 is 1.59 bits per heavy atom. The lowest BCUT2D eigenvalue weighted by Crippen LogP contribution is -2.26. The summed E-state index contributed by atoms with van der Waals surface area (Å²) in [5, 5.41) is 5.44. The second kappa shape index (κ2) is 5.07. The normalized spacial score (nSPS) is 9.71. The first-order valence-corrected chi connectivity index (χ1v) is 5.17. The minimum absolute atomic E-state index is 0.273. The molecule has 2 rings (SSSR count). The van der Waals surface area contributed by atoms with Crippen LogP contribution in [0.15, 0.2) is 49.1 Å². The number of anilines is 2. The molecule has 0 saturated carbocycles. The van der Waals surface area contributed by atoms with Crippen molar-refractivity contribution in [2.75, 3.05) is 10.6 Å². The van der Waals surface area contributed by atoms with Crippen molar-refractivity contribution in [1.29, 1.82) is 0 Å². The maximum absolute atomic E-state index is 11.6. The topological polar surface area (TPSA) is 57.9 Å². The highest BCUT2D eigenvalue weighted by molar-refractivity contribution is 5.99. The quantitative estimate of drug-likeness (QED) is 0.768. The van der Waals surface area contributed by atoms with Gasteiger partial charge in [-0.1, -0.05) is 0 Å². The van der Waals surface area contributed by atoms with Crippen molar-refractivity contribution in [3.8, 4) is 0 Å². The third-order valence-electron chi connectivity index (χ3n) is 2.17. The maximum atomic E-state index is 11.6. The number of aryl methyl sites for hydroxylation is 1. The standard InChI is InChI=1S/C12H12N4O/c1-16-8-4-11(5-9-16)15-12(17)14-10-2-6-13-7-3-10/h2-9H,1H3,(H,13,14,17)/p+1. The number of amides is 2. The van der Waals surface area contributed by atoms with E-state index in [1.165, 1.54) is 0 Å². The van der Waals surface area contributed by atoms with E-state index in [0.717, 1.165) is 5.69 Å². The van der Waals surface area contributed by atoms with Gasteiger partial charge in [0.05, 0.1) is 5.69 Å². The van der Waals surface area contributed by atoms with Crippen molar-refractivity contribution < 1.29 is 9.36 Å². The van der Waals surface area contributed by atoms with Crippen molar-refractivity contribution >= 4 is 17.4 Å². The zero-order valence-electron chi connectivity index (χ0n) is 9.42. The van der Waals surface area contributed by atoms with Crippen molar-refractivity contribution in [3.63, 3.8) is 0 Å². The van der Waals surface area contributed by atoms with Crippen molar-refractivity contribution in [2.24, 2.45) is 7.05 Å². The first-order chi connectivity index (χ1) is 8.24. The van der Waals surface area contributed by atoms with Crippen LogP contribution < -0.4 is 15.2 Å². The summed E-state index contributed by atoms with van der Waals surface area (Å²) >= 11 is 0. The molecule has 5 heteroatoms. The molecule has 0 spiro atoms. The largest absolute Gasteiger partial charge is 0.323 e. The van der Waals surface area contributed by atoms with Gasteiger partial charge in [0.25, 0.3) is 0 Å². The molecular weight excluding hydrogens is 216 g/mol. The zero-order valence-corrected chi connectivity index (χ0v) is 9.42. The molecule has 5 nitrogen and oxygen atoms in total. The second-order valence-electron chi connectivity index (χ2n) is 3.57. The van der Waals surface area contributed by atoms with Crippen LogP contribution >= 0.6 is 0 Å². The van der Waals surface area contributed by atoms with Crippen LogP contribution in [0, 0.1) is 0 Å². The predicted octanol–water partition coefficient (Wildman–Crippen LogP) is 1.55. The summed E-state index contributed by atoms with van der Waals surface area (Å²) in [7, 11) is 1.92. The molecule has 0 aliphatic carbocycles. The van der Waals surface area contributed by atoms with Gasteiger partial charge in [-0.3, -0.25) is 4.98 Å². The fourth-order valence-electron chi connectivity index (χ4n) is 1.31. The van der Waals surface area contributed by atoms with E-state index in [1.807, 2.05) is 36.1 Å². The second-order valence-corrected chi connectivity index (χ2v) is 3.57. The van der Waals surface area contributed by atoms with Crippen LogP contribution in [0.1, 0.15) is 0 Å². The van der Waals surface area contributed by atoms with E-state index in [2.05, 4.69) is 15.6 Å². The SMILES string of the molecule is C[n+]1ccc(NC(=O)Nc2ccncc2)cc1. The van der Waals surface area contributed by atoms with E-state index in [1.54, 1.807) is 24.5 Å². The number of rotatable bonds is 2. The van der Waals surface area contributed by atoms with Crippen LogP contribution in [0.4, 0.5) is 16.2 Å². The molecule has 2 amide bonds. The zero-order chi connectivity index (χ0) is 12.1. The number of urea groups is 1. The molecular formula is C12H13N4O+. The summed E-state index contributed by atoms with van der Waals surface area (Å²) in [6.45, 7) is 0. The van der Waals surface area contributed by atoms with Gasteiger partial charge < -0.3 is 10.6 Å². The van der Waals surface area contributed by atoms with Gasteiger partial charge in [-0.15, -0.1) is 0 Å². The van der Waals surface area contributed by atoms with Gasteiger partial charge in [0.1, 0.15) is 7.05 Å². The Bertz CT molecular complexity index is 496. The average molecular weight is 229 g/mol. The molecule has 0 fully saturated rings. The molecule has 2 aromatic rings. The number of nitrogens with one attached hydrogen (secondary N) is 2. The van der Waals surface area contributed by atoms with E-state index in [-0.39, 0.29) is 6.03 Å². The molecule has 0 aromatic carbocycles. The third kappa shape index (κ3) is 3.27. The van der Waals surface area contributed by atoms with E-state index < -0.39 is 0 Å². The van der Waals surface area contributed by atoms with Crippen molar-refractivity contribution in [2.45, 2.75) is 0 Å². The number of carbonyl (C=O) groups is 1. The Labute approximate surface area is 99.1 Å². The molecule has 0 aliphatic rings. The van der Waals surface area contributed by atoms with E-state index >= 15 is 0 Å². The molecule has 0 aliphatic heterocycles. The highest BCUT2D eigenvalue weighted by Crippen LogP contribution is 2.06. The Hall–Kier alpha value is -2.43. The highest BCUT2D eigenvalue weighted by Gasteiger charge is 2.02. The number of aromatic nitrogens is 2. The average Bonchev–Trinajstić information content (AvgIpc) is 2.33. The van der Waals surface area contributed by atoms with E-state index in [4.69, 9.17) is 0 Å². The monoisotopic (exact) mass is 229 g/mol. The van der Waals surface area contributed by atoms with Gasteiger partial charge >= 0.3 is 6.03 Å². The lowest BCUT2D eigenvalue weighted by atomic mass is 10.4. The van der Waals surface area contributed by atoms with Crippen LogP contribution in [0.5, 0.6) is 0 Å². The Morgan fingerprint density at radius 1 is 1.06 bits per heavy atom. The fourth-order valence-corrected chi connectivity index (χ4v) is 1.31. The first kappa shape index (κ1) is 11.1. The van der Waals surface area contributed by atoms with Crippen molar-refractivity contribution in [1.82, 2.24) is 4.98 Å². The molecule has 0 atom stereocenters. The molecule has 2 N–H and O–H groups in total. The molecule has 86 valence electrons. The van der Waals surface area contributed by atoms with Gasteiger partial charge in [-0.25, -0.2) is 9.36 Å². The number of hydrogen-bond acceptors (Lipinski definition) is 2. The molecule has 17 heavy (non-hydrogen) atoms. The highest BCUT2D eigenvalue weighted by atomic mass is 16.2. The van der Waals surface area contributed by atoms with Crippen LogP contribution in [-0.4, -0.2) is 11.0 Å². The Balaban J connectivity index is 1.96. The number of pyridine rings is 2. The van der Waals surface area contributed by atoms with Gasteiger partial charge in [-0.05, 0) is 12.1 Å². The van der Waals surface area contributed by atoms with Crippen LogP contribution in [0.3, 0.4) is 0 Å². The van der Waals surface area contributed by atoms with Crippen molar-refractivity contribution in [3.05, 3.63) is 49.1 Å². The van der Waals surface area contributed by atoms with Gasteiger partial charge in [0, 0.05) is 30.2 Å². The molecule has 0 saturated heterocycles. The molecule has 0 unspecified atom stereocenters. The summed E-state index contributed by atoms with van der Waals surface area (Å²) in [5.41, 5.74) is 1.45. The minimum Gasteiger partial charge on any atom is -0.308 e. The number of hydrogen-bond donors (Lipinski definition) is 2. The first-order valence-electron chi connectivity index (χ1n) is 5.17. The molecule has 2 heterocycles. The number of nitrogens with zero attached hydrogens (tertiary/aromatic N) is 2. The smallest absolute Gasteiger partial charge is 0.308 e. The van der Waals surface area contributed by atoms with E-state index in [0.29, 0.717) is 5.69 Å². The number of carbonyl (C=O) groups excluding carboxylic acids is 1. The van der Waals surface area contributed by atoms with Crippen LogP contribution in [0.25, 0.3) is 0 Å². The molecule has 2 aromatic heterocycles. The van der Waals surface area contributed by atoms with Gasteiger partial charge in [0.15, 0.2) is 12.4 Å². The molecule has 0 radical (unpaired) electrons. The summed E-state index contributed by atoms with van der Waals surface area (Å²) in [4.78, 5) is 15.5. The summed E-state index contributed by atoms with van der Waals surface area (Å²) in [5.74, 6) is 0. The van der Waals surface area contributed by atoms with Crippen LogP contribution in [0.2, 0.25) is 0 Å². The minimum atomic E-state index is -0.273. The third-order valence-corrected chi connectivity index (χ3v) is 2.17. The lowest BCUT2D eigenvalue weighted by molar-refractivity contribution is -0.671. The fraction of sp³-hybridized carbons (Fsp3) is 0.0833. The summed E-state index contributed by atoms with van der Waals surface area (Å²) in [6.07, 6.45) is 6.97. The Morgan fingerprint density at radius 3 is 2.18 bits per heavy atom. The molecule has 0 bridgehead atoms. The Kier molecular flexibility index (Phi) is 3.30. The van der Waals surface area contributed by atoms with E-state index in [9.17, 15) is 4.79 Å². The van der Waals surface area contributed by atoms with Crippen LogP contribution in [-0.2, 0) is 7.05 Å². The summed E-state index contributed by atoms with van der Waals surface area (Å²) in [6, 6.07) is 6.83. The lowest BCUT2D eigenvalue weighted by Gasteiger charge is -2.06.